The molecule has 0 aliphatic heterocycles. The molecule has 1 aromatic carbocycles. The Kier molecular flexibility index (Phi) is 7.91. The molecule has 1 aromatic heterocycles. The van der Waals surface area contributed by atoms with Crippen molar-refractivity contribution in [2.24, 2.45) is 12.0 Å². The van der Waals surface area contributed by atoms with E-state index in [1.165, 1.54) is 16.8 Å². The fraction of sp³-hybridized carbons (Fsp3) is 0.545. The third-order valence-corrected chi connectivity index (χ3v) is 4.99. The number of nitrogens with zero attached hydrogens (tertiary/aromatic N) is 3. The summed E-state index contributed by atoms with van der Waals surface area (Å²) in [7, 11) is 3.77. The predicted octanol–water partition coefficient (Wildman–Crippen LogP) is 3.34. The molecule has 0 fully saturated rings. The molecule has 6 nitrogen and oxygen atoms in total. The van der Waals surface area contributed by atoms with E-state index in [-0.39, 0.29) is 6.04 Å². The van der Waals surface area contributed by atoms with Crippen LogP contribution < -0.4 is 15.4 Å². The Balaban J connectivity index is 1.76. The highest BCUT2D eigenvalue weighted by atomic mass is 16.5. The molecule has 28 heavy (non-hydrogen) atoms. The maximum absolute atomic E-state index is 5.81. The Labute approximate surface area is 169 Å². The summed E-state index contributed by atoms with van der Waals surface area (Å²) in [4.78, 5) is 4.31. The second-order valence-electron chi connectivity index (χ2n) is 7.59. The van der Waals surface area contributed by atoms with Crippen LogP contribution >= 0.6 is 0 Å². The number of aryl methyl sites for hydroxylation is 2. The monoisotopic (exact) mass is 385 g/mol. The molecule has 154 valence electrons. The minimum absolute atomic E-state index is 0.247. The quantitative estimate of drug-likeness (QED) is 0.416. The fourth-order valence-corrected chi connectivity index (χ4v) is 3.19. The molecular weight excluding hydrogens is 350 g/mol. The van der Waals surface area contributed by atoms with E-state index in [2.05, 4.69) is 67.5 Å². The largest absolute Gasteiger partial charge is 0.492 e. The molecule has 1 heterocycles. The standard InChI is InChI=1S/C22H35N5O/c1-15(2)19-8-10-20(11-9-19)28-13-12-24-22(23-6)25-16(3)14-21-17(4)26-27(7)18(21)5/h8-11,15-16H,12-14H2,1-7H3,(H2,23,24,25). The zero-order chi connectivity index (χ0) is 20.7. The normalized spacial score (nSPS) is 12.9. The maximum atomic E-state index is 5.81. The first-order valence-electron chi connectivity index (χ1n) is 10.0. The van der Waals surface area contributed by atoms with Crippen LogP contribution in [0.1, 0.15) is 49.2 Å². The molecule has 0 spiro atoms. The van der Waals surface area contributed by atoms with Crippen molar-refractivity contribution in [2.45, 2.75) is 53.0 Å². The molecule has 2 rings (SSSR count). The van der Waals surface area contributed by atoms with Gasteiger partial charge in [-0.25, -0.2) is 0 Å². The summed E-state index contributed by atoms with van der Waals surface area (Å²) >= 11 is 0. The van der Waals surface area contributed by atoms with Gasteiger partial charge in [-0.3, -0.25) is 9.67 Å². The third-order valence-electron chi connectivity index (χ3n) is 4.99. The third kappa shape index (κ3) is 6.01. The topological polar surface area (TPSA) is 63.5 Å². The van der Waals surface area contributed by atoms with Crippen LogP contribution in [0.5, 0.6) is 5.75 Å². The van der Waals surface area contributed by atoms with Gasteiger partial charge in [0.2, 0.25) is 0 Å². The van der Waals surface area contributed by atoms with E-state index in [0.717, 1.165) is 23.8 Å². The number of aromatic nitrogens is 2. The van der Waals surface area contributed by atoms with Gasteiger partial charge < -0.3 is 15.4 Å². The van der Waals surface area contributed by atoms with E-state index < -0.39 is 0 Å². The van der Waals surface area contributed by atoms with E-state index in [4.69, 9.17) is 4.74 Å². The van der Waals surface area contributed by atoms with Gasteiger partial charge in [-0.2, -0.15) is 5.10 Å². The summed E-state index contributed by atoms with van der Waals surface area (Å²) in [5.74, 6) is 2.21. The highest BCUT2D eigenvalue weighted by molar-refractivity contribution is 5.79. The van der Waals surface area contributed by atoms with Crippen LogP contribution in [-0.2, 0) is 13.5 Å². The minimum Gasteiger partial charge on any atom is -0.492 e. The first kappa shape index (κ1) is 21.8. The lowest BCUT2D eigenvalue weighted by Crippen LogP contribution is -2.44. The molecule has 0 saturated heterocycles. The lowest BCUT2D eigenvalue weighted by molar-refractivity contribution is 0.321. The van der Waals surface area contributed by atoms with Crippen LogP contribution in [0.4, 0.5) is 0 Å². The molecule has 0 aliphatic rings. The molecule has 2 N–H and O–H groups in total. The van der Waals surface area contributed by atoms with Gasteiger partial charge >= 0.3 is 0 Å². The first-order chi connectivity index (χ1) is 13.3. The number of aliphatic imine (C=N–C) groups is 1. The Morgan fingerprint density at radius 1 is 1.18 bits per heavy atom. The summed E-state index contributed by atoms with van der Waals surface area (Å²) in [5.41, 5.74) is 4.92. The van der Waals surface area contributed by atoms with Crippen molar-refractivity contribution < 1.29 is 4.74 Å². The molecule has 0 amide bonds. The number of guanidine groups is 1. The summed E-state index contributed by atoms with van der Waals surface area (Å²) in [6.45, 7) is 12.0. The summed E-state index contributed by atoms with van der Waals surface area (Å²) in [6, 6.07) is 8.56. The number of benzene rings is 1. The lowest BCUT2D eigenvalue weighted by atomic mass is 10.0. The zero-order valence-corrected chi connectivity index (χ0v) is 18.3. The predicted molar refractivity (Wildman–Crippen MR) is 116 cm³/mol. The van der Waals surface area contributed by atoms with Crippen molar-refractivity contribution in [2.75, 3.05) is 20.2 Å². The Morgan fingerprint density at radius 2 is 1.86 bits per heavy atom. The van der Waals surface area contributed by atoms with E-state index in [9.17, 15) is 0 Å². The van der Waals surface area contributed by atoms with Crippen molar-refractivity contribution in [3.63, 3.8) is 0 Å². The number of ether oxygens (including phenoxy) is 1. The molecule has 1 unspecified atom stereocenters. The molecular formula is C22H35N5O. The number of rotatable bonds is 8. The Morgan fingerprint density at radius 3 is 2.39 bits per heavy atom. The molecule has 0 saturated carbocycles. The van der Waals surface area contributed by atoms with Crippen LogP contribution in [0.3, 0.4) is 0 Å². The van der Waals surface area contributed by atoms with Crippen molar-refractivity contribution in [1.29, 1.82) is 0 Å². The van der Waals surface area contributed by atoms with Gasteiger partial charge in [0.05, 0.1) is 12.2 Å². The Bertz CT molecular complexity index is 777. The van der Waals surface area contributed by atoms with Crippen LogP contribution in [0, 0.1) is 13.8 Å². The van der Waals surface area contributed by atoms with Gasteiger partial charge in [-0.1, -0.05) is 26.0 Å². The Hall–Kier alpha value is -2.50. The van der Waals surface area contributed by atoms with E-state index >= 15 is 0 Å². The average molecular weight is 386 g/mol. The average Bonchev–Trinajstić information content (AvgIpc) is 2.90. The highest BCUT2D eigenvalue weighted by Crippen LogP contribution is 2.18. The SMILES string of the molecule is CN=C(NCCOc1ccc(C(C)C)cc1)NC(C)Cc1c(C)nn(C)c1C. The van der Waals surface area contributed by atoms with Gasteiger partial charge in [0, 0.05) is 25.8 Å². The van der Waals surface area contributed by atoms with Crippen molar-refractivity contribution >= 4 is 5.96 Å². The van der Waals surface area contributed by atoms with Crippen molar-refractivity contribution in [3.8, 4) is 5.75 Å². The molecule has 0 bridgehead atoms. The van der Waals surface area contributed by atoms with Gasteiger partial charge in [-0.05, 0) is 56.4 Å². The summed E-state index contributed by atoms with van der Waals surface area (Å²) < 4.78 is 7.75. The highest BCUT2D eigenvalue weighted by Gasteiger charge is 2.13. The summed E-state index contributed by atoms with van der Waals surface area (Å²) in [5, 5.41) is 11.3. The first-order valence-corrected chi connectivity index (χ1v) is 10.0. The smallest absolute Gasteiger partial charge is 0.191 e. The van der Waals surface area contributed by atoms with Gasteiger partial charge in [0.1, 0.15) is 12.4 Å². The van der Waals surface area contributed by atoms with Crippen LogP contribution in [0.15, 0.2) is 29.3 Å². The molecule has 6 heteroatoms. The minimum atomic E-state index is 0.247. The molecule has 2 aromatic rings. The van der Waals surface area contributed by atoms with E-state index in [0.29, 0.717) is 19.1 Å². The molecule has 1 atom stereocenters. The van der Waals surface area contributed by atoms with E-state index in [1.54, 1.807) is 7.05 Å². The number of nitrogens with one attached hydrogen (secondary N) is 2. The van der Waals surface area contributed by atoms with Crippen LogP contribution in [0.2, 0.25) is 0 Å². The zero-order valence-electron chi connectivity index (χ0n) is 18.3. The number of hydrogen-bond acceptors (Lipinski definition) is 3. The second-order valence-corrected chi connectivity index (χ2v) is 7.59. The fourth-order valence-electron chi connectivity index (χ4n) is 3.19. The van der Waals surface area contributed by atoms with Crippen molar-refractivity contribution in [3.05, 3.63) is 46.8 Å². The summed E-state index contributed by atoms with van der Waals surface area (Å²) in [6.07, 6.45) is 0.908. The van der Waals surface area contributed by atoms with Gasteiger partial charge in [0.25, 0.3) is 0 Å². The molecule has 0 radical (unpaired) electrons. The number of hydrogen-bond donors (Lipinski definition) is 2. The second kappa shape index (κ2) is 10.2. The van der Waals surface area contributed by atoms with Crippen LogP contribution in [-0.4, -0.2) is 42.0 Å². The van der Waals surface area contributed by atoms with Crippen molar-refractivity contribution in [1.82, 2.24) is 20.4 Å². The van der Waals surface area contributed by atoms with Gasteiger partial charge in [0.15, 0.2) is 5.96 Å². The van der Waals surface area contributed by atoms with E-state index in [1.807, 2.05) is 23.9 Å². The maximum Gasteiger partial charge on any atom is 0.191 e. The molecule has 0 aliphatic carbocycles. The lowest BCUT2D eigenvalue weighted by Gasteiger charge is -2.18. The van der Waals surface area contributed by atoms with Crippen LogP contribution in [0.25, 0.3) is 0 Å². The van der Waals surface area contributed by atoms with Gasteiger partial charge in [-0.15, -0.1) is 0 Å².